The molecular formula is C40H63NO7. The molecule has 0 radical (unpaired) electrons. The minimum atomic E-state index is -0.748. The van der Waals surface area contributed by atoms with Gasteiger partial charge in [-0.2, -0.15) is 0 Å². The Morgan fingerprint density at radius 2 is 1.56 bits per heavy atom. The second-order valence-electron chi connectivity index (χ2n) is 17.6. The summed E-state index contributed by atoms with van der Waals surface area (Å²) < 4.78 is 17.8. The van der Waals surface area contributed by atoms with Gasteiger partial charge in [0.1, 0.15) is 18.8 Å². The van der Waals surface area contributed by atoms with Gasteiger partial charge in [0.2, 0.25) is 5.91 Å². The van der Waals surface area contributed by atoms with Gasteiger partial charge in [-0.15, -0.1) is 0 Å². The van der Waals surface area contributed by atoms with Crippen LogP contribution in [0.15, 0.2) is 11.6 Å². The van der Waals surface area contributed by atoms with Gasteiger partial charge < -0.3 is 19.5 Å². The van der Waals surface area contributed by atoms with Crippen molar-refractivity contribution in [3.05, 3.63) is 11.6 Å². The lowest BCUT2D eigenvalue weighted by molar-refractivity contribution is -0.255. The van der Waals surface area contributed by atoms with Gasteiger partial charge in [0, 0.05) is 32.7 Å². The van der Waals surface area contributed by atoms with E-state index in [1.165, 1.54) is 26.3 Å². The zero-order valence-electron chi connectivity index (χ0n) is 31.5. The van der Waals surface area contributed by atoms with Gasteiger partial charge in [0.15, 0.2) is 0 Å². The van der Waals surface area contributed by atoms with Crippen molar-refractivity contribution in [3.8, 4) is 0 Å². The normalized spacial score (nSPS) is 44.8. The topological polar surface area (TPSA) is 108 Å². The molecule has 0 aromatic rings. The summed E-state index contributed by atoms with van der Waals surface area (Å²) in [7, 11) is 0. The summed E-state index contributed by atoms with van der Waals surface area (Å²) in [5.74, 6) is 0.538. The van der Waals surface area contributed by atoms with Crippen LogP contribution in [0.3, 0.4) is 0 Å². The molecule has 0 bridgehead atoms. The van der Waals surface area contributed by atoms with Crippen LogP contribution in [-0.2, 0) is 33.4 Å². The van der Waals surface area contributed by atoms with Gasteiger partial charge in [-0.1, -0.05) is 66.5 Å². The highest BCUT2D eigenvalue weighted by molar-refractivity contribution is 5.84. The van der Waals surface area contributed by atoms with E-state index in [2.05, 4.69) is 59.9 Å². The van der Waals surface area contributed by atoms with Crippen molar-refractivity contribution >= 4 is 23.8 Å². The van der Waals surface area contributed by atoms with E-state index in [1.54, 1.807) is 0 Å². The van der Waals surface area contributed by atoms with Crippen LogP contribution >= 0.6 is 0 Å². The molecule has 5 rings (SSSR count). The molecule has 5 aliphatic rings. The molecule has 0 spiro atoms. The molecule has 3 unspecified atom stereocenters. The SMILES string of the molecule is CCCCNC(=O)[C@]12CC[C@@H](C)[C@H](C)C1C1=CCC3[C@@]4(C)C[C@@H](OC(C)=O)[C@H](OC(C)=O)[C@@](C)(COC(C)=O)C4CC[C@@]3(C)[C@]1(C)CC2. The first kappa shape index (κ1) is 36.9. The molecular weight excluding hydrogens is 606 g/mol. The van der Waals surface area contributed by atoms with Crippen molar-refractivity contribution in [2.24, 2.45) is 56.7 Å². The molecule has 12 atom stereocenters. The molecule has 0 aromatic heterocycles. The molecule has 8 nitrogen and oxygen atoms in total. The van der Waals surface area contributed by atoms with E-state index in [-0.39, 0.29) is 57.9 Å². The van der Waals surface area contributed by atoms with Gasteiger partial charge in [0.25, 0.3) is 0 Å². The van der Waals surface area contributed by atoms with E-state index >= 15 is 0 Å². The quantitative estimate of drug-likeness (QED) is 0.123. The maximum atomic E-state index is 14.2. The first-order valence-electron chi connectivity index (χ1n) is 18.9. The third kappa shape index (κ3) is 5.63. The van der Waals surface area contributed by atoms with Gasteiger partial charge in [-0.05, 0) is 104 Å². The zero-order chi connectivity index (χ0) is 35.4. The van der Waals surface area contributed by atoms with E-state index in [4.69, 9.17) is 14.2 Å². The Labute approximate surface area is 289 Å². The first-order chi connectivity index (χ1) is 22.4. The number of hydrogen-bond donors (Lipinski definition) is 1. The molecule has 0 aliphatic heterocycles. The van der Waals surface area contributed by atoms with Crippen molar-refractivity contribution in [2.75, 3.05) is 13.2 Å². The Bertz CT molecular complexity index is 1330. The number of nitrogens with one attached hydrogen (secondary N) is 1. The number of allylic oxidation sites excluding steroid dienone is 2. The fourth-order valence-electron chi connectivity index (χ4n) is 12.5. The lowest BCUT2D eigenvalue weighted by Crippen LogP contribution is -2.69. The number of ether oxygens (including phenoxy) is 3. The molecule has 4 saturated carbocycles. The highest BCUT2D eigenvalue weighted by Crippen LogP contribution is 2.76. The van der Waals surface area contributed by atoms with Gasteiger partial charge in [0.05, 0.1) is 5.41 Å². The Balaban J connectivity index is 1.60. The molecule has 1 N–H and O–H groups in total. The Morgan fingerprint density at radius 1 is 0.875 bits per heavy atom. The molecule has 4 fully saturated rings. The first-order valence-corrected chi connectivity index (χ1v) is 18.9. The van der Waals surface area contributed by atoms with Crippen molar-refractivity contribution in [1.29, 1.82) is 0 Å². The average Bonchev–Trinajstić information content (AvgIpc) is 3.00. The second-order valence-corrected chi connectivity index (χ2v) is 17.6. The lowest BCUT2D eigenvalue weighted by atomic mass is 9.33. The van der Waals surface area contributed by atoms with Crippen LogP contribution < -0.4 is 5.32 Å². The molecule has 48 heavy (non-hydrogen) atoms. The van der Waals surface area contributed by atoms with E-state index in [9.17, 15) is 19.2 Å². The lowest BCUT2D eigenvalue weighted by Gasteiger charge is -2.72. The molecule has 0 saturated heterocycles. The summed E-state index contributed by atoms with van der Waals surface area (Å²) >= 11 is 0. The van der Waals surface area contributed by atoms with Crippen LogP contribution in [0.4, 0.5) is 0 Å². The minimum absolute atomic E-state index is 0.0645. The highest BCUT2D eigenvalue weighted by Gasteiger charge is 2.72. The molecule has 8 heteroatoms. The maximum Gasteiger partial charge on any atom is 0.303 e. The average molecular weight is 670 g/mol. The Kier molecular flexibility index (Phi) is 10.0. The smallest absolute Gasteiger partial charge is 0.303 e. The van der Waals surface area contributed by atoms with Gasteiger partial charge in [-0.3, -0.25) is 19.2 Å². The molecule has 270 valence electrons. The predicted octanol–water partition coefficient (Wildman–Crippen LogP) is 7.58. The third-order valence-electron chi connectivity index (χ3n) is 15.1. The van der Waals surface area contributed by atoms with Gasteiger partial charge >= 0.3 is 17.9 Å². The summed E-state index contributed by atoms with van der Waals surface area (Å²) in [5.41, 5.74) is -0.0510. The molecule has 5 aliphatic carbocycles. The summed E-state index contributed by atoms with van der Waals surface area (Å²) in [6.07, 6.45) is 10.5. The van der Waals surface area contributed by atoms with Crippen molar-refractivity contribution in [1.82, 2.24) is 5.32 Å². The van der Waals surface area contributed by atoms with Crippen LogP contribution in [0.25, 0.3) is 0 Å². The number of rotatable bonds is 8. The highest BCUT2D eigenvalue weighted by atomic mass is 16.6. The standard InChI is InChI=1S/C40H63NO7/c1-11-12-21-41-35(45)40-18-15-24(2)25(3)33(40)29-13-14-32-36(7)22-30(47-27(5)43)34(48-28(6)44)37(8,23-46-26(4)42)31(36)16-17-39(32,10)38(29,9)19-20-40/h13,24-25,30-34H,11-12,14-23H2,1-10H3,(H,41,45)/t24-,25+,30-,31?,32?,33?,34+,36+,37+,38-,39-,40+/m1/s1. The van der Waals surface area contributed by atoms with E-state index < -0.39 is 29.6 Å². The van der Waals surface area contributed by atoms with Gasteiger partial charge in [-0.25, -0.2) is 0 Å². The molecule has 0 heterocycles. The summed E-state index contributed by atoms with van der Waals surface area (Å²) in [6.45, 7) is 21.4. The Morgan fingerprint density at radius 3 is 2.19 bits per heavy atom. The summed E-state index contributed by atoms with van der Waals surface area (Å²) in [5, 5.41) is 3.38. The fraction of sp³-hybridized carbons (Fsp3) is 0.850. The third-order valence-corrected chi connectivity index (χ3v) is 15.1. The number of hydrogen-bond acceptors (Lipinski definition) is 7. The van der Waals surface area contributed by atoms with Crippen LogP contribution in [0.5, 0.6) is 0 Å². The molecule has 0 aromatic carbocycles. The largest absolute Gasteiger partial charge is 0.465 e. The Hall–Kier alpha value is -2.38. The maximum absolute atomic E-state index is 14.2. The van der Waals surface area contributed by atoms with Crippen LogP contribution in [0.1, 0.15) is 133 Å². The van der Waals surface area contributed by atoms with E-state index in [0.717, 1.165) is 64.3 Å². The number of carbonyl (C=O) groups is 4. The molecule has 1 amide bonds. The van der Waals surface area contributed by atoms with Crippen molar-refractivity contribution in [3.63, 3.8) is 0 Å². The van der Waals surface area contributed by atoms with Crippen LogP contribution in [0.2, 0.25) is 0 Å². The summed E-state index contributed by atoms with van der Waals surface area (Å²) in [6, 6.07) is 0. The van der Waals surface area contributed by atoms with Crippen LogP contribution in [0, 0.1) is 56.7 Å². The fourth-order valence-corrected chi connectivity index (χ4v) is 12.5. The summed E-state index contributed by atoms with van der Waals surface area (Å²) in [4.78, 5) is 51.5. The van der Waals surface area contributed by atoms with E-state index in [0.29, 0.717) is 18.3 Å². The van der Waals surface area contributed by atoms with Crippen molar-refractivity contribution in [2.45, 2.75) is 146 Å². The number of esters is 3. The number of carbonyl (C=O) groups excluding carboxylic acids is 4. The number of unbranched alkanes of at least 4 members (excludes halogenated alkanes) is 1. The number of fused-ring (bicyclic) bond motifs is 7. The van der Waals surface area contributed by atoms with E-state index in [1.807, 2.05) is 0 Å². The van der Waals surface area contributed by atoms with Crippen molar-refractivity contribution < 1.29 is 33.4 Å². The van der Waals surface area contributed by atoms with Crippen LogP contribution in [-0.4, -0.2) is 49.2 Å². The monoisotopic (exact) mass is 669 g/mol. The zero-order valence-corrected chi connectivity index (χ0v) is 31.5. The second kappa shape index (κ2) is 13.1. The number of amides is 1. The minimum Gasteiger partial charge on any atom is -0.465 e. The predicted molar refractivity (Wildman–Crippen MR) is 184 cm³/mol.